The van der Waals surface area contributed by atoms with E-state index < -0.39 is 0 Å². The van der Waals surface area contributed by atoms with Crippen LogP contribution >= 0.6 is 0 Å². The zero-order chi connectivity index (χ0) is 10.1. The van der Waals surface area contributed by atoms with Crippen LogP contribution in [-0.2, 0) is 13.0 Å². The van der Waals surface area contributed by atoms with Crippen LogP contribution in [0.1, 0.15) is 43.0 Å². The van der Waals surface area contributed by atoms with Gasteiger partial charge >= 0.3 is 0 Å². The maximum Gasteiger partial charge on any atom is 0.0696 e. The molecule has 2 rings (SSSR count). The molecular weight excluding hydrogens is 174 g/mol. The normalized spacial score (nSPS) is 25.9. The van der Waals surface area contributed by atoms with E-state index in [9.17, 15) is 0 Å². The van der Waals surface area contributed by atoms with Gasteiger partial charge in [-0.2, -0.15) is 0 Å². The molecule has 0 radical (unpaired) electrons. The van der Waals surface area contributed by atoms with Crippen LogP contribution in [-0.4, -0.2) is 10.1 Å². The topological polar surface area (TPSA) is 33.1 Å². The van der Waals surface area contributed by atoms with Crippen molar-refractivity contribution in [2.45, 2.75) is 39.2 Å². The highest BCUT2D eigenvalue weighted by Crippen LogP contribution is 2.33. The third-order valence-corrected chi connectivity index (χ3v) is 3.03. The maximum atomic E-state index is 9.03. The fourth-order valence-corrected chi connectivity index (χ4v) is 2.44. The molecule has 2 unspecified atom stereocenters. The molecule has 0 amide bonds. The lowest BCUT2D eigenvalue weighted by Crippen LogP contribution is -2.16. The molecule has 0 spiro atoms. The molecule has 1 aliphatic carbocycles. The summed E-state index contributed by atoms with van der Waals surface area (Å²) in [4.78, 5) is 4.45. The number of hydrogen-bond acceptors (Lipinski definition) is 2. The minimum absolute atomic E-state index is 0.100. The summed E-state index contributed by atoms with van der Waals surface area (Å²) in [5, 5.41) is 9.03. The molecule has 2 heteroatoms. The SMILES string of the molecule is CC1Cc2cc(CO)cnc2C(C)C1. The fraction of sp³-hybridized carbons (Fsp3) is 0.583. The van der Waals surface area contributed by atoms with E-state index in [4.69, 9.17) is 5.11 Å². The molecule has 76 valence electrons. The largest absolute Gasteiger partial charge is 0.392 e. The Hall–Kier alpha value is -0.890. The monoisotopic (exact) mass is 191 g/mol. The standard InChI is InChI=1S/C12H17NO/c1-8-3-9(2)12-11(4-8)5-10(7-14)6-13-12/h5-6,8-9,14H,3-4,7H2,1-2H3. The van der Waals surface area contributed by atoms with Crippen LogP contribution in [0.4, 0.5) is 0 Å². The van der Waals surface area contributed by atoms with Gasteiger partial charge in [0.15, 0.2) is 0 Å². The first-order chi connectivity index (χ1) is 6.70. The van der Waals surface area contributed by atoms with Crippen molar-refractivity contribution in [3.8, 4) is 0 Å². The Morgan fingerprint density at radius 3 is 3.00 bits per heavy atom. The van der Waals surface area contributed by atoms with Crippen LogP contribution in [0.25, 0.3) is 0 Å². The summed E-state index contributed by atoms with van der Waals surface area (Å²) in [5.41, 5.74) is 3.51. The number of nitrogens with zero attached hydrogens (tertiary/aromatic N) is 1. The summed E-state index contributed by atoms with van der Waals surface area (Å²) in [7, 11) is 0. The summed E-state index contributed by atoms with van der Waals surface area (Å²) >= 11 is 0. The molecule has 1 aromatic heterocycles. The summed E-state index contributed by atoms with van der Waals surface area (Å²) in [6.45, 7) is 4.62. The van der Waals surface area contributed by atoms with Crippen molar-refractivity contribution in [2.75, 3.05) is 0 Å². The summed E-state index contributed by atoms with van der Waals surface area (Å²) in [5.74, 6) is 1.31. The zero-order valence-corrected chi connectivity index (χ0v) is 8.83. The predicted molar refractivity (Wildman–Crippen MR) is 56.1 cm³/mol. The van der Waals surface area contributed by atoms with Crippen LogP contribution in [0.5, 0.6) is 0 Å². The highest BCUT2D eigenvalue weighted by molar-refractivity contribution is 5.30. The lowest BCUT2D eigenvalue weighted by molar-refractivity contribution is 0.281. The lowest BCUT2D eigenvalue weighted by Gasteiger charge is -2.26. The van der Waals surface area contributed by atoms with Crippen molar-refractivity contribution in [2.24, 2.45) is 5.92 Å². The first-order valence-corrected chi connectivity index (χ1v) is 5.29. The predicted octanol–water partition coefficient (Wildman–Crippen LogP) is 2.26. The minimum atomic E-state index is 0.100. The highest BCUT2D eigenvalue weighted by Gasteiger charge is 2.22. The van der Waals surface area contributed by atoms with E-state index in [2.05, 4.69) is 24.9 Å². The van der Waals surface area contributed by atoms with E-state index >= 15 is 0 Å². The zero-order valence-electron chi connectivity index (χ0n) is 8.83. The summed E-state index contributed by atoms with van der Waals surface area (Å²) in [6.07, 6.45) is 4.14. The Balaban J connectivity index is 2.39. The second kappa shape index (κ2) is 3.70. The number of aliphatic hydroxyl groups is 1. The second-order valence-electron chi connectivity index (χ2n) is 4.49. The molecule has 2 atom stereocenters. The van der Waals surface area contributed by atoms with Crippen molar-refractivity contribution in [3.05, 3.63) is 29.1 Å². The van der Waals surface area contributed by atoms with Crippen molar-refractivity contribution < 1.29 is 5.11 Å². The average Bonchev–Trinajstić information content (AvgIpc) is 2.16. The van der Waals surface area contributed by atoms with Crippen LogP contribution in [0, 0.1) is 5.92 Å². The Morgan fingerprint density at radius 1 is 1.50 bits per heavy atom. The van der Waals surface area contributed by atoms with E-state index in [0.29, 0.717) is 5.92 Å². The fourth-order valence-electron chi connectivity index (χ4n) is 2.44. The molecule has 0 saturated heterocycles. The van der Waals surface area contributed by atoms with Crippen molar-refractivity contribution >= 4 is 0 Å². The number of pyridine rings is 1. The van der Waals surface area contributed by atoms with Gasteiger partial charge in [-0.25, -0.2) is 0 Å². The molecular formula is C12H17NO. The molecule has 0 fully saturated rings. The van der Waals surface area contributed by atoms with Gasteiger partial charge in [0.05, 0.1) is 6.61 Å². The van der Waals surface area contributed by atoms with Gasteiger partial charge in [0.25, 0.3) is 0 Å². The van der Waals surface area contributed by atoms with Crippen LogP contribution in [0.15, 0.2) is 12.3 Å². The van der Waals surface area contributed by atoms with Gasteiger partial charge in [0, 0.05) is 11.9 Å². The molecule has 2 nitrogen and oxygen atoms in total. The Labute approximate surface area is 85.0 Å². The van der Waals surface area contributed by atoms with Crippen LogP contribution in [0.3, 0.4) is 0 Å². The van der Waals surface area contributed by atoms with Crippen molar-refractivity contribution in [3.63, 3.8) is 0 Å². The molecule has 0 aromatic carbocycles. The van der Waals surface area contributed by atoms with E-state index in [1.807, 2.05) is 0 Å². The van der Waals surface area contributed by atoms with Gasteiger partial charge in [-0.1, -0.05) is 19.9 Å². The van der Waals surface area contributed by atoms with Crippen molar-refractivity contribution in [1.29, 1.82) is 0 Å². The van der Waals surface area contributed by atoms with Gasteiger partial charge in [0.1, 0.15) is 0 Å². The smallest absolute Gasteiger partial charge is 0.0696 e. The van der Waals surface area contributed by atoms with E-state index in [0.717, 1.165) is 17.9 Å². The third kappa shape index (κ3) is 1.67. The molecule has 0 aliphatic heterocycles. The molecule has 0 bridgehead atoms. The van der Waals surface area contributed by atoms with Crippen LogP contribution < -0.4 is 0 Å². The number of aliphatic hydroxyl groups excluding tert-OH is 1. The molecule has 1 N–H and O–H groups in total. The number of aromatic nitrogens is 1. The summed E-state index contributed by atoms with van der Waals surface area (Å²) in [6, 6.07) is 2.11. The lowest BCUT2D eigenvalue weighted by atomic mass is 9.81. The molecule has 14 heavy (non-hydrogen) atoms. The van der Waals surface area contributed by atoms with E-state index in [1.165, 1.54) is 17.7 Å². The van der Waals surface area contributed by atoms with Gasteiger partial charge in [-0.05, 0) is 35.8 Å². The van der Waals surface area contributed by atoms with Gasteiger partial charge in [-0.15, -0.1) is 0 Å². The average molecular weight is 191 g/mol. The Kier molecular flexibility index (Phi) is 2.55. The van der Waals surface area contributed by atoms with Gasteiger partial charge in [-0.3, -0.25) is 4.98 Å². The molecule has 1 aliphatic rings. The second-order valence-corrected chi connectivity index (χ2v) is 4.49. The minimum Gasteiger partial charge on any atom is -0.392 e. The third-order valence-electron chi connectivity index (χ3n) is 3.03. The molecule has 1 heterocycles. The number of rotatable bonds is 1. The first kappa shape index (κ1) is 9.66. The van der Waals surface area contributed by atoms with E-state index in [1.54, 1.807) is 6.20 Å². The number of fused-ring (bicyclic) bond motifs is 1. The summed E-state index contributed by atoms with van der Waals surface area (Å²) < 4.78 is 0. The molecule has 0 saturated carbocycles. The quantitative estimate of drug-likeness (QED) is 0.738. The van der Waals surface area contributed by atoms with E-state index in [-0.39, 0.29) is 6.61 Å². The Bertz CT molecular complexity index is 335. The maximum absolute atomic E-state index is 9.03. The molecule has 1 aromatic rings. The van der Waals surface area contributed by atoms with Crippen molar-refractivity contribution in [1.82, 2.24) is 4.98 Å². The van der Waals surface area contributed by atoms with Gasteiger partial charge in [0.2, 0.25) is 0 Å². The highest BCUT2D eigenvalue weighted by atomic mass is 16.3. The first-order valence-electron chi connectivity index (χ1n) is 5.29. The Morgan fingerprint density at radius 2 is 2.29 bits per heavy atom. The number of hydrogen-bond donors (Lipinski definition) is 1. The van der Waals surface area contributed by atoms with Crippen LogP contribution in [0.2, 0.25) is 0 Å². The van der Waals surface area contributed by atoms with Gasteiger partial charge < -0.3 is 5.11 Å².